The molecule has 0 N–H and O–H groups in total. The van der Waals surface area contributed by atoms with Crippen LogP contribution in [0.15, 0.2) is 57.2 Å². The van der Waals surface area contributed by atoms with Gasteiger partial charge in [-0.3, -0.25) is 14.5 Å². The zero-order valence-corrected chi connectivity index (χ0v) is 21.7. The number of ether oxygens (including phenoxy) is 2. The van der Waals surface area contributed by atoms with Crippen LogP contribution in [0.5, 0.6) is 11.5 Å². The average molecular weight is 525 g/mol. The summed E-state index contributed by atoms with van der Waals surface area (Å²) in [6, 6.07) is 9.54. The molecule has 1 atom stereocenters. The molecule has 0 bridgehead atoms. The molecule has 0 aliphatic carbocycles. The van der Waals surface area contributed by atoms with E-state index in [1.165, 1.54) is 16.2 Å². The summed E-state index contributed by atoms with van der Waals surface area (Å²) in [4.78, 5) is 33.2. The van der Waals surface area contributed by atoms with E-state index in [1.807, 2.05) is 25.1 Å². The first-order valence-corrected chi connectivity index (χ1v) is 13.0. The van der Waals surface area contributed by atoms with Gasteiger partial charge in [-0.1, -0.05) is 31.5 Å². The van der Waals surface area contributed by atoms with Gasteiger partial charge in [0, 0.05) is 16.6 Å². The fourth-order valence-electron chi connectivity index (χ4n) is 4.28. The highest BCUT2D eigenvalue weighted by atomic mass is 35.5. The van der Waals surface area contributed by atoms with E-state index in [4.69, 9.17) is 25.5 Å². The van der Waals surface area contributed by atoms with Crippen molar-refractivity contribution >= 4 is 44.9 Å². The molecule has 4 aromatic rings. The fraction of sp³-hybridized carbons (Fsp3) is 0.296. The van der Waals surface area contributed by atoms with E-state index >= 15 is 0 Å². The standard InChI is InChI=1S/C27H25ClN2O5S/c1-4-33-21-13-16(5-7-20(21)34-11-9-15(2)3)23-22-24(31)18-14-17(28)6-8-19(18)35-25(22)26(32)30(23)27-29-10-12-36-27/h5-8,10,12-15,23H,4,9,11H2,1-3H3. The summed E-state index contributed by atoms with van der Waals surface area (Å²) in [6.45, 7) is 7.17. The van der Waals surface area contributed by atoms with Gasteiger partial charge in [0.25, 0.3) is 5.91 Å². The van der Waals surface area contributed by atoms with E-state index in [0.717, 1.165) is 6.42 Å². The molecule has 2 aromatic heterocycles. The summed E-state index contributed by atoms with van der Waals surface area (Å²) in [6.07, 6.45) is 2.53. The third-order valence-electron chi connectivity index (χ3n) is 5.99. The summed E-state index contributed by atoms with van der Waals surface area (Å²) in [5, 5.41) is 2.98. The molecule has 0 saturated heterocycles. The molecule has 1 aliphatic rings. The molecule has 0 saturated carbocycles. The van der Waals surface area contributed by atoms with Gasteiger partial charge in [-0.05, 0) is 55.2 Å². The lowest BCUT2D eigenvalue weighted by atomic mass is 9.98. The first-order chi connectivity index (χ1) is 17.4. The Morgan fingerprint density at radius 1 is 1.14 bits per heavy atom. The molecule has 0 fully saturated rings. The molecule has 0 spiro atoms. The number of hydrogen-bond acceptors (Lipinski definition) is 7. The van der Waals surface area contributed by atoms with Crippen molar-refractivity contribution in [1.82, 2.24) is 4.98 Å². The van der Waals surface area contributed by atoms with Gasteiger partial charge in [0.1, 0.15) is 5.58 Å². The zero-order chi connectivity index (χ0) is 25.4. The Morgan fingerprint density at radius 2 is 1.97 bits per heavy atom. The highest BCUT2D eigenvalue weighted by Crippen LogP contribution is 2.44. The molecule has 3 heterocycles. The van der Waals surface area contributed by atoms with Gasteiger partial charge in [-0.15, -0.1) is 11.3 Å². The predicted molar refractivity (Wildman–Crippen MR) is 141 cm³/mol. The Kier molecular flexibility index (Phi) is 6.73. The van der Waals surface area contributed by atoms with Crippen molar-refractivity contribution in [3.05, 3.63) is 80.1 Å². The van der Waals surface area contributed by atoms with Crippen molar-refractivity contribution in [3.63, 3.8) is 0 Å². The Morgan fingerprint density at radius 3 is 2.69 bits per heavy atom. The summed E-state index contributed by atoms with van der Waals surface area (Å²) >= 11 is 7.48. The number of carbonyl (C=O) groups excluding carboxylic acids is 1. The molecular weight excluding hydrogens is 500 g/mol. The van der Waals surface area contributed by atoms with Crippen LogP contribution in [-0.2, 0) is 0 Å². The number of anilines is 1. The Bertz CT molecular complexity index is 1480. The molecule has 5 rings (SSSR count). The summed E-state index contributed by atoms with van der Waals surface area (Å²) in [5.41, 5.74) is 0.938. The van der Waals surface area contributed by atoms with Gasteiger partial charge in [0.05, 0.1) is 30.2 Å². The number of halogens is 1. The van der Waals surface area contributed by atoms with Crippen LogP contribution in [0.1, 0.15) is 54.9 Å². The van der Waals surface area contributed by atoms with Crippen molar-refractivity contribution in [2.24, 2.45) is 5.92 Å². The molecule has 36 heavy (non-hydrogen) atoms. The zero-order valence-electron chi connectivity index (χ0n) is 20.1. The van der Waals surface area contributed by atoms with Gasteiger partial charge in [0.15, 0.2) is 22.1 Å². The van der Waals surface area contributed by atoms with Crippen LogP contribution >= 0.6 is 22.9 Å². The number of nitrogens with zero attached hydrogens (tertiary/aromatic N) is 2. The third-order valence-corrected chi connectivity index (χ3v) is 7.00. The predicted octanol–water partition coefficient (Wildman–Crippen LogP) is 6.48. The Hall–Kier alpha value is -3.36. The molecule has 186 valence electrons. The average Bonchev–Trinajstić information content (AvgIpc) is 3.47. The highest BCUT2D eigenvalue weighted by Gasteiger charge is 2.45. The van der Waals surface area contributed by atoms with Crippen LogP contribution in [0.3, 0.4) is 0 Å². The lowest BCUT2D eigenvalue weighted by Gasteiger charge is -2.23. The minimum atomic E-state index is -0.748. The minimum Gasteiger partial charge on any atom is -0.490 e. The number of benzene rings is 2. The van der Waals surface area contributed by atoms with Crippen molar-refractivity contribution in [3.8, 4) is 11.5 Å². The molecule has 0 radical (unpaired) electrons. The lowest BCUT2D eigenvalue weighted by molar-refractivity contribution is 0.0971. The number of amides is 1. The van der Waals surface area contributed by atoms with Crippen molar-refractivity contribution in [1.29, 1.82) is 0 Å². The number of thiazole rings is 1. The molecular formula is C27H25ClN2O5S. The first-order valence-electron chi connectivity index (χ1n) is 11.8. The number of rotatable bonds is 8. The second-order valence-corrected chi connectivity index (χ2v) is 10.2. The van der Waals surface area contributed by atoms with Gasteiger partial charge in [-0.25, -0.2) is 4.98 Å². The number of carbonyl (C=O) groups is 1. The van der Waals surface area contributed by atoms with E-state index < -0.39 is 11.9 Å². The molecule has 7 nitrogen and oxygen atoms in total. The first kappa shape index (κ1) is 24.3. The van der Waals surface area contributed by atoms with Crippen LogP contribution in [0, 0.1) is 5.92 Å². The molecule has 1 unspecified atom stereocenters. The van der Waals surface area contributed by atoms with Crippen molar-refractivity contribution < 1.29 is 18.7 Å². The summed E-state index contributed by atoms with van der Waals surface area (Å²) in [7, 11) is 0. The van der Waals surface area contributed by atoms with Crippen molar-refractivity contribution in [2.75, 3.05) is 18.1 Å². The second kappa shape index (κ2) is 9.95. The van der Waals surface area contributed by atoms with Crippen molar-refractivity contribution in [2.45, 2.75) is 33.2 Å². The normalized spacial score (nSPS) is 15.1. The van der Waals surface area contributed by atoms with Crippen LogP contribution in [-0.4, -0.2) is 24.1 Å². The van der Waals surface area contributed by atoms with Gasteiger partial charge in [0.2, 0.25) is 5.76 Å². The van der Waals surface area contributed by atoms with E-state index in [1.54, 1.807) is 29.8 Å². The maximum Gasteiger partial charge on any atom is 0.297 e. The third kappa shape index (κ3) is 4.35. The van der Waals surface area contributed by atoms with Crippen LogP contribution in [0.25, 0.3) is 11.0 Å². The van der Waals surface area contributed by atoms with Crippen LogP contribution in [0.4, 0.5) is 5.13 Å². The van der Waals surface area contributed by atoms with E-state index in [0.29, 0.717) is 57.3 Å². The quantitative estimate of drug-likeness (QED) is 0.262. The fourth-order valence-corrected chi connectivity index (χ4v) is 5.12. The van der Waals surface area contributed by atoms with Gasteiger partial charge >= 0.3 is 0 Å². The lowest BCUT2D eigenvalue weighted by Crippen LogP contribution is -2.29. The smallest absolute Gasteiger partial charge is 0.297 e. The monoisotopic (exact) mass is 524 g/mol. The van der Waals surface area contributed by atoms with Crippen LogP contribution in [0.2, 0.25) is 5.02 Å². The van der Waals surface area contributed by atoms with E-state index in [9.17, 15) is 9.59 Å². The van der Waals surface area contributed by atoms with E-state index in [2.05, 4.69) is 18.8 Å². The molecule has 1 aliphatic heterocycles. The maximum atomic E-state index is 13.7. The molecule has 1 amide bonds. The summed E-state index contributed by atoms with van der Waals surface area (Å²) < 4.78 is 17.9. The van der Waals surface area contributed by atoms with Crippen LogP contribution < -0.4 is 19.8 Å². The number of fused-ring (bicyclic) bond motifs is 2. The molecule has 9 heteroatoms. The topological polar surface area (TPSA) is 81.9 Å². The van der Waals surface area contributed by atoms with Gasteiger partial charge in [-0.2, -0.15) is 0 Å². The van der Waals surface area contributed by atoms with Gasteiger partial charge < -0.3 is 13.9 Å². The highest BCUT2D eigenvalue weighted by molar-refractivity contribution is 7.13. The number of hydrogen-bond donors (Lipinski definition) is 0. The number of aromatic nitrogens is 1. The minimum absolute atomic E-state index is 0.00485. The second-order valence-electron chi connectivity index (χ2n) is 8.88. The molecule has 2 aromatic carbocycles. The SMILES string of the molecule is CCOc1cc(C2c3c(oc4ccc(Cl)cc4c3=O)C(=O)N2c2nccs2)ccc1OCCC(C)C. The van der Waals surface area contributed by atoms with E-state index in [-0.39, 0.29) is 16.8 Å². The largest absolute Gasteiger partial charge is 0.490 e. The Balaban J connectivity index is 1.67. The maximum absolute atomic E-state index is 13.7. The summed E-state index contributed by atoms with van der Waals surface area (Å²) in [5.74, 6) is 1.26. The Labute approximate surface area is 217 Å².